The minimum absolute atomic E-state index is 0.474. The molecule has 4 nitrogen and oxygen atoms in total. The van der Waals surface area contributed by atoms with Gasteiger partial charge in [-0.2, -0.15) is 5.26 Å². The molecule has 0 spiro atoms. The van der Waals surface area contributed by atoms with Gasteiger partial charge in [0.2, 0.25) is 0 Å². The molecule has 1 aliphatic heterocycles. The monoisotopic (exact) mass is 349 g/mol. The number of rotatable bonds is 8. The molecule has 136 valence electrons. The van der Waals surface area contributed by atoms with Crippen molar-refractivity contribution in [3.05, 3.63) is 65.2 Å². The molecule has 1 saturated heterocycles. The lowest BCUT2D eigenvalue weighted by Gasteiger charge is -2.14. The number of hydrogen-bond donors (Lipinski definition) is 1. The summed E-state index contributed by atoms with van der Waals surface area (Å²) in [5.74, 6) is 1.63. The van der Waals surface area contributed by atoms with Crippen LogP contribution in [0.25, 0.3) is 0 Å². The molecule has 4 heteroatoms. The number of benzene rings is 2. The number of nitriles is 1. The van der Waals surface area contributed by atoms with Crippen molar-refractivity contribution in [1.29, 1.82) is 5.26 Å². The van der Waals surface area contributed by atoms with E-state index in [0.717, 1.165) is 36.9 Å². The Morgan fingerprint density at radius 3 is 2.85 bits per heavy atom. The molecule has 3 rings (SSSR count). The number of nitrogens with zero attached hydrogens (tertiary/aromatic N) is 2. The standard InChI is InChI=1S/C22H27N3O/c1-2-25-10-9-21(16-25)15-24-14-19-6-4-8-22(12-19)26-17-20-7-3-5-18(11-20)13-23/h3-8,11-12,21,24H,2,9-10,14-17H2,1H3. The van der Waals surface area contributed by atoms with Crippen molar-refractivity contribution < 1.29 is 4.74 Å². The molecule has 0 bridgehead atoms. The molecule has 2 aromatic rings. The lowest BCUT2D eigenvalue weighted by Crippen LogP contribution is -2.26. The Labute approximate surface area is 156 Å². The maximum Gasteiger partial charge on any atom is 0.120 e. The normalized spacial score (nSPS) is 17.2. The van der Waals surface area contributed by atoms with Gasteiger partial charge in [-0.05, 0) is 67.4 Å². The van der Waals surface area contributed by atoms with E-state index in [2.05, 4.69) is 35.3 Å². The van der Waals surface area contributed by atoms with Crippen LogP contribution in [0.15, 0.2) is 48.5 Å². The highest BCUT2D eigenvalue weighted by atomic mass is 16.5. The molecule has 1 N–H and O–H groups in total. The first-order valence-electron chi connectivity index (χ1n) is 9.40. The molecule has 1 unspecified atom stereocenters. The van der Waals surface area contributed by atoms with Crippen LogP contribution in [0.5, 0.6) is 5.75 Å². The van der Waals surface area contributed by atoms with E-state index in [9.17, 15) is 0 Å². The van der Waals surface area contributed by atoms with Gasteiger partial charge in [-0.3, -0.25) is 0 Å². The molecule has 1 atom stereocenters. The van der Waals surface area contributed by atoms with E-state index in [1.807, 2.05) is 30.3 Å². The van der Waals surface area contributed by atoms with Crippen LogP contribution >= 0.6 is 0 Å². The molecular weight excluding hydrogens is 322 g/mol. The van der Waals surface area contributed by atoms with Gasteiger partial charge in [0, 0.05) is 13.1 Å². The second-order valence-electron chi connectivity index (χ2n) is 6.93. The zero-order chi connectivity index (χ0) is 18.2. The van der Waals surface area contributed by atoms with E-state index in [1.165, 1.54) is 25.1 Å². The summed E-state index contributed by atoms with van der Waals surface area (Å²) in [7, 11) is 0. The average molecular weight is 349 g/mol. The fourth-order valence-corrected chi connectivity index (χ4v) is 3.43. The van der Waals surface area contributed by atoms with Gasteiger partial charge in [0.25, 0.3) is 0 Å². The van der Waals surface area contributed by atoms with Crippen LogP contribution in [0.4, 0.5) is 0 Å². The van der Waals surface area contributed by atoms with Gasteiger partial charge < -0.3 is 15.0 Å². The van der Waals surface area contributed by atoms with Gasteiger partial charge in [0.15, 0.2) is 0 Å². The van der Waals surface area contributed by atoms with E-state index in [-0.39, 0.29) is 0 Å². The van der Waals surface area contributed by atoms with E-state index in [1.54, 1.807) is 6.07 Å². The number of hydrogen-bond acceptors (Lipinski definition) is 4. The third kappa shape index (κ3) is 5.32. The van der Waals surface area contributed by atoms with E-state index >= 15 is 0 Å². The van der Waals surface area contributed by atoms with E-state index in [4.69, 9.17) is 10.00 Å². The highest BCUT2D eigenvalue weighted by Crippen LogP contribution is 2.17. The summed E-state index contributed by atoms with van der Waals surface area (Å²) >= 11 is 0. The summed E-state index contributed by atoms with van der Waals surface area (Å²) in [5.41, 5.74) is 2.91. The third-order valence-corrected chi connectivity index (χ3v) is 4.94. The predicted molar refractivity (Wildman–Crippen MR) is 104 cm³/mol. The fraction of sp³-hybridized carbons (Fsp3) is 0.409. The van der Waals surface area contributed by atoms with Crippen molar-refractivity contribution >= 4 is 0 Å². The van der Waals surface area contributed by atoms with Crippen molar-refractivity contribution in [1.82, 2.24) is 10.2 Å². The zero-order valence-corrected chi connectivity index (χ0v) is 15.4. The molecule has 1 fully saturated rings. The zero-order valence-electron chi connectivity index (χ0n) is 15.4. The number of ether oxygens (including phenoxy) is 1. The number of likely N-dealkylation sites (tertiary alicyclic amines) is 1. The lowest BCUT2D eigenvalue weighted by molar-refractivity contribution is 0.305. The molecule has 1 aliphatic rings. The second-order valence-corrected chi connectivity index (χ2v) is 6.93. The molecule has 0 radical (unpaired) electrons. The SMILES string of the molecule is CCN1CCC(CNCc2cccc(OCc3cccc(C#N)c3)c2)C1. The Hall–Kier alpha value is -2.35. The minimum atomic E-state index is 0.474. The van der Waals surface area contributed by atoms with E-state index in [0.29, 0.717) is 12.2 Å². The summed E-state index contributed by atoms with van der Waals surface area (Å²) in [4.78, 5) is 2.52. The Morgan fingerprint density at radius 1 is 1.19 bits per heavy atom. The summed E-state index contributed by atoms with van der Waals surface area (Å²) in [6.07, 6.45) is 1.30. The highest BCUT2D eigenvalue weighted by molar-refractivity contribution is 5.33. The first-order chi connectivity index (χ1) is 12.8. The summed E-state index contributed by atoms with van der Waals surface area (Å²) in [6.45, 7) is 8.26. The maximum absolute atomic E-state index is 8.97. The smallest absolute Gasteiger partial charge is 0.120 e. The quantitative estimate of drug-likeness (QED) is 0.791. The van der Waals surface area contributed by atoms with Gasteiger partial charge >= 0.3 is 0 Å². The molecule has 0 amide bonds. The lowest BCUT2D eigenvalue weighted by atomic mass is 10.1. The van der Waals surface area contributed by atoms with Gasteiger partial charge in [-0.15, -0.1) is 0 Å². The first kappa shape index (κ1) is 18.4. The topological polar surface area (TPSA) is 48.3 Å². The molecule has 0 aromatic heterocycles. The van der Waals surface area contributed by atoms with E-state index < -0.39 is 0 Å². The van der Waals surface area contributed by atoms with Gasteiger partial charge in [0.05, 0.1) is 11.6 Å². The summed E-state index contributed by atoms with van der Waals surface area (Å²) in [6, 6.07) is 17.9. The maximum atomic E-state index is 8.97. The van der Waals surface area contributed by atoms with Crippen molar-refractivity contribution in [3.63, 3.8) is 0 Å². The van der Waals surface area contributed by atoms with Crippen LogP contribution in [0, 0.1) is 17.2 Å². The van der Waals surface area contributed by atoms with Crippen LogP contribution in [-0.4, -0.2) is 31.1 Å². The molecule has 0 aliphatic carbocycles. The number of nitrogens with one attached hydrogen (secondary N) is 1. The molecule has 26 heavy (non-hydrogen) atoms. The molecular formula is C22H27N3O. The van der Waals surface area contributed by atoms with Crippen LogP contribution < -0.4 is 10.1 Å². The summed E-state index contributed by atoms with van der Waals surface area (Å²) < 4.78 is 5.90. The second kappa shape index (κ2) is 9.38. The largest absolute Gasteiger partial charge is 0.489 e. The van der Waals surface area contributed by atoms with Crippen LogP contribution in [0.2, 0.25) is 0 Å². The van der Waals surface area contributed by atoms with Crippen molar-refractivity contribution in [2.24, 2.45) is 5.92 Å². The fourth-order valence-electron chi connectivity index (χ4n) is 3.43. The van der Waals surface area contributed by atoms with Crippen molar-refractivity contribution in [2.75, 3.05) is 26.2 Å². The third-order valence-electron chi connectivity index (χ3n) is 4.94. The molecule has 0 saturated carbocycles. The van der Waals surface area contributed by atoms with Crippen LogP contribution in [-0.2, 0) is 13.2 Å². The first-order valence-corrected chi connectivity index (χ1v) is 9.40. The predicted octanol–water partition coefficient (Wildman–Crippen LogP) is 3.57. The van der Waals surface area contributed by atoms with Crippen LogP contribution in [0.1, 0.15) is 30.0 Å². The van der Waals surface area contributed by atoms with Gasteiger partial charge in [-0.1, -0.05) is 31.2 Å². The van der Waals surface area contributed by atoms with Crippen LogP contribution in [0.3, 0.4) is 0 Å². The highest BCUT2D eigenvalue weighted by Gasteiger charge is 2.20. The minimum Gasteiger partial charge on any atom is -0.489 e. The Morgan fingerprint density at radius 2 is 2.04 bits per heavy atom. The molecule has 2 aromatic carbocycles. The average Bonchev–Trinajstić information content (AvgIpc) is 3.15. The van der Waals surface area contributed by atoms with Gasteiger partial charge in [-0.25, -0.2) is 0 Å². The summed E-state index contributed by atoms with van der Waals surface area (Å²) in [5, 5.41) is 12.6. The Bertz CT molecular complexity index is 753. The van der Waals surface area contributed by atoms with Gasteiger partial charge in [0.1, 0.15) is 12.4 Å². The Kier molecular flexibility index (Phi) is 6.65. The van der Waals surface area contributed by atoms with Crippen molar-refractivity contribution in [2.45, 2.75) is 26.5 Å². The van der Waals surface area contributed by atoms with Crippen molar-refractivity contribution in [3.8, 4) is 11.8 Å². The Balaban J connectivity index is 1.46. The molecule has 1 heterocycles.